The number of hydrogen-bond acceptors (Lipinski definition) is 3. The van der Waals surface area contributed by atoms with Crippen LogP contribution in [0.1, 0.15) is 38.8 Å². The molecule has 1 atom stereocenters. The summed E-state index contributed by atoms with van der Waals surface area (Å²) in [5.74, 6) is -0.693. The molecule has 0 aromatic heterocycles. The molecule has 0 aliphatic rings. The third kappa shape index (κ3) is 7.84. The quantitative estimate of drug-likeness (QED) is 0.442. The summed E-state index contributed by atoms with van der Waals surface area (Å²) in [4.78, 5) is 27.4. The maximum atomic E-state index is 14.0. The van der Waals surface area contributed by atoms with Gasteiger partial charge in [0.2, 0.25) is 11.8 Å². The molecule has 0 unspecified atom stereocenters. The molecule has 174 valence electrons. The van der Waals surface area contributed by atoms with Crippen LogP contribution in [0, 0.1) is 5.82 Å². The lowest BCUT2D eigenvalue weighted by Crippen LogP contribution is -2.52. The van der Waals surface area contributed by atoms with E-state index in [0.29, 0.717) is 26.2 Å². The first-order chi connectivity index (χ1) is 14.9. The molecule has 4 nitrogen and oxygen atoms in total. The van der Waals surface area contributed by atoms with Gasteiger partial charge in [-0.1, -0.05) is 46.9 Å². The highest BCUT2D eigenvalue weighted by molar-refractivity contribution is 7.99. The van der Waals surface area contributed by atoms with E-state index in [1.54, 1.807) is 31.2 Å². The van der Waals surface area contributed by atoms with E-state index in [0.717, 1.165) is 0 Å². The average molecular weight is 520 g/mol. The molecule has 2 rings (SSSR count). The van der Waals surface area contributed by atoms with Gasteiger partial charge in [-0.3, -0.25) is 9.59 Å². The van der Waals surface area contributed by atoms with Gasteiger partial charge in [0.1, 0.15) is 11.9 Å². The molecule has 0 radical (unpaired) electrons. The lowest BCUT2D eigenvalue weighted by molar-refractivity contribution is -0.139. The van der Waals surface area contributed by atoms with Crippen molar-refractivity contribution in [3.63, 3.8) is 0 Å². The van der Waals surface area contributed by atoms with Crippen LogP contribution in [-0.2, 0) is 21.9 Å². The second-order valence-corrected chi connectivity index (χ2v) is 10.6. The summed E-state index contributed by atoms with van der Waals surface area (Å²) in [7, 11) is 0. The summed E-state index contributed by atoms with van der Waals surface area (Å²) in [5, 5.41) is 4.10. The maximum Gasteiger partial charge on any atom is 0.242 e. The van der Waals surface area contributed by atoms with Gasteiger partial charge < -0.3 is 10.2 Å². The first-order valence-corrected chi connectivity index (χ1v) is 12.2. The molecule has 0 aliphatic carbocycles. The van der Waals surface area contributed by atoms with Crippen molar-refractivity contribution in [2.24, 2.45) is 0 Å². The summed E-state index contributed by atoms with van der Waals surface area (Å²) in [6.45, 7) is 7.41. The number of halogens is 4. The Morgan fingerprint density at radius 2 is 1.81 bits per heavy atom. The summed E-state index contributed by atoms with van der Waals surface area (Å²) in [6, 6.07) is 8.73. The van der Waals surface area contributed by atoms with Crippen LogP contribution in [0.2, 0.25) is 15.1 Å². The molecule has 0 saturated carbocycles. The van der Waals surface area contributed by atoms with Gasteiger partial charge in [0.05, 0.1) is 5.75 Å². The normalized spacial score (nSPS) is 12.4. The highest BCUT2D eigenvalue weighted by Crippen LogP contribution is 2.26. The van der Waals surface area contributed by atoms with Crippen molar-refractivity contribution in [2.75, 3.05) is 5.75 Å². The van der Waals surface area contributed by atoms with Gasteiger partial charge in [0, 0.05) is 38.5 Å². The topological polar surface area (TPSA) is 49.4 Å². The van der Waals surface area contributed by atoms with Crippen molar-refractivity contribution in [2.45, 2.75) is 51.6 Å². The van der Waals surface area contributed by atoms with E-state index in [2.05, 4.69) is 5.32 Å². The van der Waals surface area contributed by atoms with Gasteiger partial charge >= 0.3 is 0 Å². The third-order valence-electron chi connectivity index (χ3n) is 4.55. The number of benzene rings is 2. The van der Waals surface area contributed by atoms with E-state index in [-0.39, 0.29) is 29.9 Å². The lowest BCUT2D eigenvalue weighted by Gasteiger charge is -2.31. The molecule has 0 heterocycles. The van der Waals surface area contributed by atoms with Gasteiger partial charge in [0.15, 0.2) is 0 Å². The average Bonchev–Trinajstić information content (AvgIpc) is 2.67. The van der Waals surface area contributed by atoms with E-state index in [9.17, 15) is 14.0 Å². The molecular formula is C23H26Cl3FN2O2S. The number of carbonyl (C=O) groups excluding carboxylic acids is 2. The van der Waals surface area contributed by atoms with Crippen LogP contribution in [0.5, 0.6) is 0 Å². The van der Waals surface area contributed by atoms with Crippen LogP contribution < -0.4 is 5.32 Å². The largest absolute Gasteiger partial charge is 0.350 e. The van der Waals surface area contributed by atoms with Crippen molar-refractivity contribution >= 4 is 58.4 Å². The second-order valence-electron chi connectivity index (χ2n) is 8.37. The predicted molar refractivity (Wildman–Crippen MR) is 132 cm³/mol. The van der Waals surface area contributed by atoms with E-state index < -0.39 is 17.4 Å². The zero-order chi connectivity index (χ0) is 24.1. The van der Waals surface area contributed by atoms with Gasteiger partial charge in [0.25, 0.3) is 0 Å². The number of hydrogen-bond donors (Lipinski definition) is 1. The van der Waals surface area contributed by atoms with Crippen LogP contribution in [-0.4, -0.2) is 34.0 Å². The zero-order valence-electron chi connectivity index (χ0n) is 18.3. The molecule has 0 saturated heterocycles. The molecule has 32 heavy (non-hydrogen) atoms. The van der Waals surface area contributed by atoms with Crippen molar-refractivity contribution in [3.8, 4) is 0 Å². The van der Waals surface area contributed by atoms with Crippen LogP contribution in [0.15, 0.2) is 36.4 Å². The third-order valence-corrected chi connectivity index (χ3v) is 6.44. The highest BCUT2D eigenvalue weighted by Gasteiger charge is 2.29. The summed E-state index contributed by atoms with van der Waals surface area (Å²) in [6.07, 6.45) is 0. The molecule has 9 heteroatoms. The fraction of sp³-hybridized carbons (Fsp3) is 0.391. The van der Waals surface area contributed by atoms with Gasteiger partial charge in [-0.05, 0) is 57.5 Å². The summed E-state index contributed by atoms with van der Waals surface area (Å²) in [5.41, 5.74) is 0.564. The smallest absolute Gasteiger partial charge is 0.242 e. The van der Waals surface area contributed by atoms with Crippen molar-refractivity contribution < 1.29 is 14.0 Å². The number of amides is 2. The van der Waals surface area contributed by atoms with E-state index in [4.69, 9.17) is 34.8 Å². The number of nitrogens with zero attached hydrogens (tertiary/aromatic N) is 1. The minimum atomic E-state index is -0.744. The van der Waals surface area contributed by atoms with Crippen LogP contribution in [0.4, 0.5) is 4.39 Å². The number of rotatable bonds is 8. The van der Waals surface area contributed by atoms with Crippen molar-refractivity contribution in [1.82, 2.24) is 10.2 Å². The van der Waals surface area contributed by atoms with Crippen LogP contribution in [0.25, 0.3) is 0 Å². The van der Waals surface area contributed by atoms with Gasteiger partial charge in [-0.15, -0.1) is 11.8 Å². The second kappa shape index (κ2) is 11.6. The molecule has 0 bridgehead atoms. The molecule has 2 aromatic carbocycles. The Morgan fingerprint density at radius 3 is 2.41 bits per heavy atom. The standard InChI is InChI=1S/C23H26Cl3FN2O2S/c1-14(22(31)28-23(2,3)4)29(11-15-8-9-16(24)10-19(15)26)21(30)13-32-12-17-18(25)6-5-7-20(17)27/h5-10,14H,11-13H2,1-4H3,(H,28,31)/t14-/m1/s1. The molecule has 0 fully saturated rings. The SMILES string of the molecule is C[C@H](C(=O)NC(C)(C)C)N(Cc1ccc(Cl)cc1Cl)C(=O)CSCc1c(F)cccc1Cl. The van der Waals surface area contributed by atoms with Gasteiger partial charge in [-0.25, -0.2) is 4.39 Å². The predicted octanol–water partition coefficient (Wildman–Crippen LogP) is 6.35. The van der Waals surface area contributed by atoms with Crippen molar-refractivity contribution in [3.05, 3.63) is 68.4 Å². The van der Waals surface area contributed by atoms with Crippen molar-refractivity contribution in [1.29, 1.82) is 0 Å². The Hall–Kier alpha value is -1.47. The van der Waals surface area contributed by atoms with E-state index in [1.807, 2.05) is 20.8 Å². The first kappa shape index (κ1) is 26.8. The molecule has 2 aromatic rings. The molecule has 0 aliphatic heterocycles. The fourth-order valence-electron chi connectivity index (χ4n) is 2.88. The monoisotopic (exact) mass is 518 g/mol. The maximum absolute atomic E-state index is 14.0. The number of thioether (sulfide) groups is 1. The Bertz CT molecular complexity index is 962. The minimum Gasteiger partial charge on any atom is -0.350 e. The Morgan fingerprint density at radius 1 is 1.12 bits per heavy atom. The van der Waals surface area contributed by atoms with Gasteiger partial charge in [-0.2, -0.15) is 0 Å². The summed E-state index contributed by atoms with van der Waals surface area (Å²) >= 11 is 19.6. The zero-order valence-corrected chi connectivity index (χ0v) is 21.4. The Labute approximate surface area is 207 Å². The Kier molecular flexibility index (Phi) is 9.70. The fourth-order valence-corrected chi connectivity index (χ4v) is 4.60. The minimum absolute atomic E-state index is 0.0447. The molecular weight excluding hydrogens is 494 g/mol. The first-order valence-electron chi connectivity index (χ1n) is 9.95. The molecule has 2 amide bonds. The summed E-state index contributed by atoms with van der Waals surface area (Å²) < 4.78 is 14.0. The highest BCUT2D eigenvalue weighted by atomic mass is 35.5. The van der Waals surface area contributed by atoms with E-state index >= 15 is 0 Å². The van der Waals surface area contributed by atoms with Crippen LogP contribution >= 0.6 is 46.6 Å². The number of nitrogens with one attached hydrogen (secondary N) is 1. The van der Waals surface area contributed by atoms with E-state index in [1.165, 1.54) is 28.8 Å². The molecule has 1 N–H and O–H groups in total. The number of carbonyl (C=O) groups is 2. The lowest BCUT2D eigenvalue weighted by atomic mass is 10.1. The molecule has 0 spiro atoms. The van der Waals surface area contributed by atoms with Crippen LogP contribution in [0.3, 0.4) is 0 Å². The Balaban J connectivity index is 2.18.